The maximum atomic E-state index is 3.95. The van der Waals surface area contributed by atoms with Gasteiger partial charge in [-0.3, -0.25) is 0 Å². The maximum absolute atomic E-state index is 3.95. The summed E-state index contributed by atoms with van der Waals surface area (Å²) in [4.78, 5) is 3.57. The Labute approximate surface area is 96.2 Å². The van der Waals surface area contributed by atoms with Crippen LogP contribution in [0, 0.1) is 6.92 Å². The molecule has 0 spiro atoms. The number of aromatic nitrogens is 1. The van der Waals surface area contributed by atoms with Crippen molar-refractivity contribution < 1.29 is 0 Å². The normalized spacial score (nSPS) is 19.7. The van der Waals surface area contributed by atoms with Crippen LogP contribution < -0.4 is 0 Å². The fraction of sp³-hybridized carbons (Fsp3) is 0.333. The molecule has 1 atom stereocenters. The molecule has 0 unspecified atom stereocenters. The van der Waals surface area contributed by atoms with Crippen molar-refractivity contribution in [1.82, 2.24) is 4.98 Å². The molecular formula is C15H17N. The smallest absolute Gasteiger partial charge is 0.0459 e. The van der Waals surface area contributed by atoms with E-state index >= 15 is 0 Å². The number of nitrogens with one attached hydrogen (secondary N) is 1. The van der Waals surface area contributed by atoms with Crippen molar-refractivity contribution >= 4 is 10.9 Å². The summed E-state index contributed by atoms with van der Waals surface area (Å²) in [6.45, 7) is 6.11. The first-order chi connectivity index (χ1) is 7.79. The van der Waals surface area contributed by atoms with E-state index in [9.17, 15) is 0 Å². The monoisotopic (exact) mass is 211 g/mol. The van der Waals surface area contributed by atoms with Crippen molar-refractivity contribution in [3.05, 3.63) is 47.7 Å². The maximum Gasteiger partial charge on any atom is 0.0459 e. The molecule has 1 nitrogen and oxygen atoms in total. The third-order valence-electron chi connectivity index (χ3n) is 3.69. The van der Waals surface area contributed by atoms with Crippen LogP contribution in [0.5, 0.6) is 0 Å². The molecule has 1 heteroatoms. The Hall–Kier alpha value is -1.50. The summed E-state index contributed by atoms with van der Waals surface area (Å²) in [5.74, 6) is 0.524. The molecule has 0 amide bonds. The van der Waals surface area contributed by atoms with Gasteiger partial charge in [-0.15, -0.1) is 6.58 Å². The summed E-state index contributed by atoms with van der Waals surface area (Å²) in [6.07, 6.45) is 5.82. The van der Waals surface area contributed by atoms with Gasteiger partial charge in [0, 0.05) is 22.5 Å². The van der Waals surface area contributed by atoms with Crippen LogP contribution in [0.4, 0.5) is 0 Å². The van der Waals surface area contributed by atoms with Crippen molar-refractivity contribution in [3.8, 4) is 0 Å². The minimum atomic E-state index is 0.524. The predicted octanol–water partition coefficient (Wildman–Crippen LogP) is 4.08. The molecule has 0 saturated heterocycles. The van der Waals surface area contributed by atoms with Gasteiger partial charge in [0.2, 0.25) is 0 Å². The summed E-state index contributed by atoms with van der Waals surface area (Å²) in [7, 11) is 0. The van der Waals surface area contributed by atoms with Gasteiger partial charge in [-0.1, -0.05) is 17.7 Å². The summed E-state index contributed by atoms with van der Waals surface area (Å²) < 4.78 is 0. The Morgan fingerprint density at radius 3 is 3.12 bits per heavy atom. The average molecular weight is 211 g/mol. The van der Waals surface area contributed by atoms with Crippen molar-refractivity contribution in [2.45, 2.75) is 32.1 Å². The second kappa shape index (κ2) is 3.51. The molecular weight excluding hydrogens is 194 g/mol. The first-order valence-corrected chi connectivity index (χ1v) is 6.03. The molecule has 1 aliphatic carbocycles. The first-order valence-electron chi connectivity index (χ1n) is 6.03. The Bertz CT molecular complexity index is 548. The summed E-state index contributed by atoms with van der Waals surface area (Å²) >= 11 is 0. The van der Waals surface area contributed by atoms with Crippen molar-refractivity contribution in [3.63, 3.8) is 0 Å². The fourth-order valence-electron chi connectivity index (χ4n) is 2.85. The highest BCUT2D eigenvalue weighted by atomic mass is 14.7. The number of rotatable bonds is 1. The standard InChI is InChI=1S/C15H17N/c1-3-11-5-4-6-12-13-9-10(2)7-8-14(13)16-15(11)12/h3,7-9,11,16H,1,4-6H2,2H3/t11-/m0/s1. The zero-order chi connectivity index (χ0) is 11.1. The van der Waals surface area contributed by atoms with E-state index in [0.717, 1.165) is 0 Å². The summed E-state index contributed by atoms with van der Waals surface area (Å²) in [5, 5.41) is 1.42. The van der Waals surface area contributed by atoms with E-state index in [1.54, 1.807) is 0 Å². The average Bonchev–Trinajstić information content (AvgIpc) is 2.67. The third kappa shape index (κ3) is 1.31. The zero-order valence-electron chi connectivity index (χ0n) is 9.72. The molecule has 16 heavy (non-hydrogen) atoms. The Morgan fingerprint density at radius 1 is 1.44 bits per heavy atom. The highest BCUT2D eigenvalue weighted by Crippen LogP contribution is 2.36. The molecule has 1 heterocycles. The lowest BCUT2D eigenvalue weighted by Gasteiger charge is -2.19. The van der Waals surface area contributed by atoms with Gasteiger partial charge in [0.25, 0.3) is 0 Å². The number of allylic oxidation sites excluding steroid dienone is 1. The zero-order valence-corrected chi connectivity index (χ0v) is 9.72. The summed E-state index contributed by atoms with van der Waals surface area (Å²) in [5.41, 5.74) is 5.55. The molecule has 1 N–H and O–H groups in total. The Balaban J connectivity index is 2.28. The molecule has 0 aliphatic heterocycles. The van der Waals surface area contributed by atoms with Crippen LogP contribution >= 0.6 is 0 Å². The van der Waals surface area contributed by atoms with Crippen LogP contribution in [0.2, 0.25) is 0 Å². The van der Waals surface area contributed by atoms with Gasteiger partial charge >= 0.3 is 0 Å². The first kappa shape index (κ1) is 9.71. The van der Waals surface area contributed by atoms with Crippen LogP contribution in [0.1, 0.15) is 35.6 Å². The minimum Gasteiger partial charge on any atom is -0.358 e. The molecule has 2 aromatic rings. The van der Waals surface area contributed by atoms with Gasteiger partial charge in [0.1, 0.15) is 0 Å². The van der Waals surface area contributed by atoms with Gasteiger partial charge in [-0.05, 0) is 43.9 Å². The molecule has 3 rings (SSSR count). The van der Waals surface area contributed by atoms with Crippen LogP contribution in [0.3, 0.4) is 0 Å². The van der Waals surface area contributed by atoms with E-state index < -0.39 is 0 Å². The lowest BCUT2D eigenvalue weighted by molar-refractivity contribution is 0.622. The Morgan fingerprint density at radius 2 is 2.31 bits per heavy atom. The van der Waals surface area contributed by atoms with Crippen LogP contribution in [0.15, 0.2) is 30.9 Å². The summed E-state index contributed by atoms with van der Waals surface area (Å²) in [6, 6.07) is 6.67. The predicted molar refractivity (Wildman–Crippen MR) is 68.9 cm³/mol. The highest BCUT2D eigenvalue weighted by molar-refractivity contribution is 5.86. The number of hydrogen-bond acceptors (Lipinski definition) is 0. The molecule has 0 bridgehead atoms. The van der Waals surface area contributed by atoms with E-state index in [2.05, 4.69) is 42.8 Å². The number of fused-ring (bicyclic) bond motifs is 3. The largest absolute Gasteiger partial charge is 0.358 e. The molecule has 1 aromatic carbocycles. The second-order valence-electron chi connectivity index (χ2n) is 4.80. The van der Waals surface area contributed by atoms with Crippen LogP contribution in [-0.2, 0) is 6.42 Å². The minimum absolute atomic E-state index is 0.524. The molecule has 1 aliphatic rings. The topological polar surface area (TPSA) is 15.8 Å². The quantitative estimate of drug-likeness (QED) is 0.684. The number of aromatic amines is 1. The number of hydrogen-bond donors (Lipinski definition) is 1. The van der Waals surface area contributed by atoms with E-state index in [4.69, 9.17) is 0 Å². The molecule has 82 valence electrons. The van der Waals surface area contributed by atoms with E-state index in [-0.39, 0.29) is 0 Å². The lowest BCUT2D eigenvalue weighted by Crippen LogP contribution is -2.06. The SMILES string of the molecule is C=C[C@H]1CCCc2c1[nH]c1ccc(C)cc21. The fourth-order valence-corrected chi connectivity index (χ4v) is 2.85. The molecule has 0 radical (unpaired) electrons. The van der Waals surface area contributed by atoms with Gasteiger partial charge in [-0.25, -0.2) is 0 Å². The number of aryl methyl sites for hydroxylation is 2. The second-order valence-corrected chi connectivity index (χ2v) is 4.80. The van der Waals surface area contributed by atoms with E-state index in [0.29, 0.717) is 5.92 Å². The van der Waals surface area contributed by atoms with E-state index in [1.165, 1.54) is 47.0 Å². The van der Waals surface area contributed by atoms with Gasteiger partial charge < -0.3 is 4.98 Å². The van der Waals surface area contributed by atoms with Crippen molar-refractivity contribution in [2.24, 2.45) is 0 Å². The van der Waals surface area contributed by atoms with E-state index in [1.807, 2.05) is 0 Å². The molecule has 0 fully saturated rings. The van der Waals surface area contributed by atoms with Gasteiger partial charge in [0.15, 0.2) is 0 Å². The Kier molecular flexibility index (Phi) is 2.13. The number of H-pyrrole nitrogens is 1. The molecule has 1 aromatic heterocycles. The van der Waals surface area contributed by atoms with Crippen molar-refractivity contribution in [1.29, 1.82) is 0 Å². The van der Waals surface area contributed by atoms with Gasteiger partial charge in [-0.2, -0.15) is 0 Å². The highest BCUT2D eigenvalue weighted by Gasteiger charge is 2.21. The van der Waals surface area contributed by atoms with Crippen LogP contribution in [0.25, 0.3) is 10.9 Å². The van der Waals surface area contributed by atoms with Crippen molar-refractivity contribution in [2.75, 3.05) is 0 Å². The molecule has 0 saturated carbocycles. The third-order valence-corrected chi connectivity index (χ3v) is 3.69. The van der Waals surface area contributed by atoms with Crippen LogP contribution in [-0.4, -0.2) is 4.98 Å². The lowest BCUT2D eigenvalue weighted by atomic mass is 9.87. The van der Waals surface area contributed by atoms with Gasteiger partial charge in [0.05, 0.1) is 0 Å². The number of benzene rings is 1.